The second kappa shape index (κ2) is 2.12. The van der Waals surface area contributed by atoms with E-state index < -0.39 is 0 Å². The van der Waals surface area contributed by atoms with Crippen molar-refractivity contribution in [3.63, 3.8) is 0 Å². The average molecular weight is 157 g/mol. The van der Waals surface area contributed by atoms with Gasteiger partial charge >= 0.3 is 0 Å². The maximum Gasteiger partial charge on any atom is 0.181 e. The summed E-state index contributed by atoms with van der Waals surface area (Å²) in [5.41, 5.74) is 6.70. The van der Waals surface area contributed by atoms with E-state index in [0.29, 0.717) is 0 Å². The lowest BCUT2D eigenvalue weighted by atomic mass is 10.5. The smallest absolute Gasteiger partial charge is 0.181 e. The second-order valence-electron chi connectivity index (χ2n) is 2.37. The Morgan fingerprint density at radius 2 is 1.80 bits per heavy atom. The molecule has 0 saturated heterocycles. The molecule has 0 saturated carbocycles. The van der Waals surface area contributed by atoms with Gasteiger partial charge in [0.1, 0.15) is 5.82 Å². The lowest BCUT2D eigenvalue weighted by Gasteiger charge is -1.92. The van der Waals surface area contributed by atoms with Crippen molar-refractivity contribution in [1.29, 1.82) is 0 Å². The molecule has 2 N–H and O–H groups in total. The van der Waals surface area contributed by atoms with E-state index in [1.54, 1.807) is 4.57 Å². The SMILES string of the molecule is Cc1c(N)n(C)c(=S)n1C. The Labute approximate surface area is 65.1 Å². The Morgan fingerprint density at radius 3 is 1.90 bits per heavy atom. The maximum absolute atomic E-state index is 5.68. The van der Waals surface area contributed by atoms with Gasteiger partial charge in [-0.05, 0) is 19.1 Å². The van der Waals surface area contributed by atoms with Gasteiger partial charge in [-0.3, -0.25) is 0 Å². The molecule has 0 amide bonds. The predicted octanol–water partition coefficient (Wildman–Crippen LogP) is 0.984. The topological polar surface area (TPSA) is 35.9 Å². The first-order chi connectivity index (χ1) is 4.55. The fraction of sp³-hybridized carbons (Fsp3) is 0.500. The molecule has 0 fully saturated rings. The van der Waals surface area contributed by atoms with Gasteiger partial charge in [0, 0.05) is 14.1 Å². The van der Waals surface area contributed by atoms with Crippen molar-refractivity contribution in [2.45, 2.75) is 6.92 Å². The molecule has 1 aromatic rings. The molecule has 1 rings (SSSR count). The summed E-state index contributed by atoms with van der Waals surface area (Å²) in [6.45, 7) is 1.95. The van der Waals surface area contributed by atoms with Crippen molar-refractivity contribution in [2.24, 2.45) is 14.1 Å². The first-order valence-corrected chi connectivity index (χ1v) is 3.44. The Kier molecular flexibility index (Phi) is 1.56. The number of nitrogens with zero attached hydrogens (tertiary/aromatic N) is 2. The van der Waals surface area contributed by atoms with Gasteiger partial charge < -0.3 is 14.9 Å². The molecule has 0 aliphatic rings. The summed E-state index contributed by atoms with van der Waals surface area (Å²) >= 11 is 5.05. The molecule has 3 nitrogen and oxygen atoms in total. The van der Waals surface area contributed by atoms with Crippen LogP contribution in [0.2, 0.25) is 0 Å². The van der Waals surface area contributed by atoms with Crippen LogP contribution in [0.3, 0.4) is 0 Å². The molecule has 56 valence electrons. The van der Waals surface area contributed by atoms with E-state index in [1.807, 2.05) is 25.6 Å². The molecular formula is C6H11N3S. The zero-order chi connectivity index (χ0) is 7.89. The van der Waals surface area contributed by atoms with E-state index in [2.05, 4.69) is 0 Å². The zero-order valence-electron chi connectivity index (χ0n) is 6.38. The number of anilines is 1. The van der Waals surface area contributed by atoms with Gasteiger partial charge in [0.15, 0.2) is 4.77 Å². The molecule has 0 unspecified atom stereocenters. The Bertz CT molecular complexity index is 279. The highest BCUT2D eigenvalue weighted by molar-refractivity contribution is 7.71. The average Bonchev–Trinajstić information content (AvgIpc) is 2.07. The minimum Gasteiger partial charge on any atom is -0.384 e. The Balaban J connectivity index is 3.60. The molecule has 0 atom stereocenters. The fourth-order valence-electron chi connectivity index (χ4n) is 0.886. The standard InChI is InChI=1S/C6H11N3S/c1-4-5(7)9(3)6(10)8(4)2/h7H2,1-3H3. The van der Waals surface area contributed by atoms with Crippen LogP contribution in [-0.2, 0) is 14.1 Å². The maximum atomic E-state index is 5.68. The molecule has 4 heteroatoms. The largest absolute Gasteiger partial charge is 0.384 e. The molecule has 0 aliphatic carbocycles. The van der Waals surface area contributed by atoms with Crippen LogP contribution in [0.1, 0.15) is 5.69 Å². The van der Waals surface area contributed by atoms with Crippen LogP contribution >= 0.6 is 12.2 Å². The van der Waals surface area contributed by atoms with Gasteiger partial charge in [-0.1, -0.05) is 0 Å². The number of aromatic nitrogens is 2. The quantitative estimate of drug-likeness (QED) is 0.570. The van der Waals surface area contributed by atoms with Crippen LogP contribution < -0.4 is 5.73 Å². The van der Waals surface area contributed by atoms with Gasteiger partial charge in [0.05, 0.1) is 5.69 Å². The minimum atomic E-state index is 0.743. The van der Waals surface area contributed by atoms with Gasteiger partial charge in [-0.25, -0.2) is 0 Å². The molecule has 0 radical (unpaired) electrons. The summed E-state index contributed by atoms with van der Waals surface area (Å²) in [6.07, 6.45) is 0. The molecule has 0 bridgehead atoms. The second-order valence-corrected chi connectivity index (χ2v) is 2.74. The highest BCUT2D eigenvalue weighted by Gasteiger charge is 2.03. The first kappa shape index (κ1) is 7.34. The number of rotatable bonds is 0. The molecule has 0 aromatic carbocycles. The summed E-state index contributed by atoms with van der Waals surface area (Å²) in [7, 11) is 3.78. The summed E-state index contributed by atoms with van der Waals surface area (Å²) < 4.78 is 4.45. The van der Waals surface area contributed by atoms with Gasteiger partial charge in [0.2, 0.25) is 0 Å². The van der Waals surface area contributed by atoms with Gasteiger partial charge in [0.25, 0.3) is 0 Å². The number of nitrogen functional groups attached to an aromatic ring is 1. The normalized spacial score (nSPS) is 10.3. The van der Waals surface area contributed by atoms with Crippen molar-refractivity contribution in [2.75, 3.05) is 5.73 Å². The number of hydrogen-bond acceptors (Lipinski definition) is 2. The summed E-state index contributed by atoms with van der Waals surface area (Å²) in [4.78, 5) is 0. The van der Waals surface area contributed by atoms with Crippen LogP contribution in [0.25, 0.3) is 0 Å². The molecular weight excluding hydrogens is 146 g/mol. The minimum absolute atomic E-state index is 0.743. The first-order valence-electron chi connectivity index (χ1n) is 3.03. The van der Waals surface area contributed by atoms with E-state index in [4.69, 9.17) is 18.0 Å². The van der Waals surface area contributed by atoms with Crippen LogP contribution in [-0.4, -0.2) is 9.13 Å². The van der Waals surface area contributed by atoms with Crippen LogP contribution in [0, 0.1) is 11.7 Å². The number of hydrogen-bond donors (Lipinski definition) is 1. The lowest BCUT2D eigenvalue weighted by molar-refractivity contribution is 0.804. The van der Waals surface area contributed by atoms with Crippen molar-refractivity contribution >= 4 is 18.0 Å². The van der Waals surface area contributed by atoms with Crippen LogP contribution in [0.5, 0.6) is 0 Å². The van der Waals surface area contributed by atoms with Crippen molar-refractivity contribution < 1.29 is 0 Å². The third kappa shape index (κ3) is 0.759. The zero-order valence-corrected chi connectivity index (χ0v) is 7.20. The third-order valence-corrected chi connectivity index (χ3v) is 2.36. The van der Waals surface area contributed by atoms with E-state index in [9.17, 15) is 0 Å². The monoisotopic (exact) mass is 157 g/mol. The van der Waals surface area contributed by atoms with Gasteiger partial charge in [-0.2, -0.15) is 0 Å². The van der Waals surface area contributed by atoms with E-state index in [-0.39, 0.29) is 0 Å². The fourth-order valence-corrected chi connectivity index (χ4v) is 1.12. The van der Waals surface area contributed by atoms with Crippen molar-refractivity contribution in [3.05, 3.63) is 10.5 Å². The molecule has 0 aliphatic heterocycles. The molecule has 1 aromatic heterocycles. The number of nitrogens with two attached hydrogens (primary N) is 1. The molecule has 1 heterocycles. The Hall–Kier alpha value is -0.770. The van der Waals surface area contributed by atoms with E-state index in [1.165, 1.54) is 0 Å². The van der Waals surface area contributed by atoms with Crippen LogP contribution in [0.15, 0.2) is 0 Å². The van der Waals surface area contributed by atoms with Gasteiger partial charge in [-0.15, -0.1) is 0 Å². The summed E-state index contributed by atoms with van der Waals surface area (Å²) in [5.74, 6) is 0.743. The van der Waals surface area contributed by atoms with E-state index in [0.717, 1.165) is 16.3 Å². The summed E-state index contributed by atoms with van der Waals surface area (Å²) in [6, 6.07) is 0. The molecule has 0 spiro atoms. The predicted molar refractivity (Wildman–Crippen MR) is 44.4 cm³/mol. The Morgan fingerprint density at radius 1 is 1.30 bits per heavy atom. The highest BCUT2D eigenvalue weighted by Crippen LogP contribution is 2.10. The van der Waals surface area contributed by atoms with E-state index >= 15 is 0 Å². The summed E-state index contributed by atoms with van der Waals surface area (Å²) in [5, 5.41) is 0. The van der Waals surface area contributed by atoms with Crippen LogP contribution in [0.4, 0.5) is 5.82 Å². The lowest BCUT2D eigenvalue weighted by Crippen LogP contribution is -1.96. The highest BCUT2D eigenvalue weighted by atomic mass is 32.1. The van der Waals surface area contributed by atoms with Crippen molar-refractivity contribution in [3.8, 4) is 0 Å². The van der Waals surface area contributed by atoms with Crippen molar-refractivity contribution in [1.82, 2.24) is 9.13 Å². The molecule has 10 heavy (non-hydrogen) atoms. The third-order valence-electron chi connectivity index (χ3n) is 1.81. The number of imidazole rings is 1.